The van der Waals surface area contributed by atoms with Crippen molar-refractivity contribution in [1.29, 1.82) is 0 Å². The highest BCUT2D eigenvalue weighted by Gasteiger charge is 2.34. The summed E-state index contributed by atoms with van der Waals surface area (Å²) >= 11 is 1.95. The first kappa shape index (κ1) is 10.0. The van der Waals surface area contributed by atoms with Crippen LogP contribution in [-0.4, -0.2) is 23.5 Å². The molecule has 1 heterocycles. The predicted molar refractivity (Wildman–Crippen MR) is 66.3 cm³/mol. The molecule has 15 heavy (non-hydrogen) atoms. The number of nitrogens with zero attached hydrogens (tertiary/aromatic N) is 1. The Morgan fingerprint density at radius 3 is 3.13 bits per heavy atom. The van der Waals surface area contributed by atoms with Gasteiger partial charge in [0.05, 0.1) is 0 Å². The van der Waals surface area contributed by atoms with Crippen LogP contribution in [0.4, 0.5) is 0 Å². The summed E-state index contributed by atoms with van der Waals surface area (Å²) in [6, 6.07) is 0.752. The van der Waals surface area contributed by atoms with Gasteiger partial charge in [0.15, 0.2) is 5.17 Å². The van der Waals surface area contributed by atoms with Gasteiger partial charge in [-0.05, 0) is 37.0 Å². The van der Waals surface area contributed by atoms with Gasteiger partial charge < -0.3 is 5.32 Å². The van der Waals surface area contributed by atoms with E-state index in [1.54, 1.807) is 0 Å². The first-order chi connectivity index (χ1) is 7.33. The first-order valence-electron chi connectivity index (χ1n) is 6.26. The van der Waals surface area contributed by atoms with E-state index in [4.69, 9.17) is 4.99 Å². The third kappa shape index (κ3) is 2.17. The van der Waals surface area contributed by atoms with Gasteiger partial charge in [-0.15, -0.1) is 0 Å². The average molecular weight is 224 g/mol. The zero-order valence-electron chi connectivity index (χ0n) is 9.41. The largest absolute Gasteiger partial charge is 0.362 e. The number of hydrogen-bond donors (Lipinski definition) is 1. The fourth-order valence-electron chi connectivity index (χ4n) is 2.76. The van der Waals surface area contributed by atoms with Crippen LogP contribution in [0.2, 0.25) is 0 Å². The van der Waals surface area contributed by atoms with Crippen molar-refractivity contribution < 1.29 is 0 Å². The number of fused-ring (bicyclic) bond motifs is 1. The summed E-state index contributed by atoms with van der Waals surface area (Å²) in [5.41, 5.74) is 0. The van der Waals surface area contributed by atoms with Crippen LogP contribution < -0.4 is 5.32 Å². The molecule has 0 aromatic carbocycles. The van der Waals surface area contributed by atoms with Crippen LogP contribution >= 0.6 is 11.8 Å². The quantitative estimate of drug-likeness (QED) is 0.779. The van der Waals surface area contributed by atoms with Gasteiger partial charge in [0, 0.05) is 18.3 Å². The van der Waals surface area contributed by atoms with Gasteiger partial charge >= 0.3 is 0 Å². The van der Waals surface area contributed by atoms with Crippen molar-refractivity contribution >= 4 is 16.9 Å². The molecule has 2 nitrogen and oxygen atoms in total. The zero-order valence-corrected chi connectivity index (χ0v) is 10.2. The number of aliphatic imine (C=N–C) groups is 1. The number of nitrogens with one attached hydrogen (secondary N) is 1. The molecule has 2 saturated carbocycles. The van der Waals surface area contributed by atoms with E-state index in [1.807, 2.05) is 11.8 Å². The molecule has 2 aliphatic carbocycles. The van der Waals surface area contributed by atoms with Crippen molar-refractivity contribution in [2.45, 2.75) is 38.6 Å². The van der Waals surface area contributed by atoms with E-state index in [2.05, 4.69) is 12.2 Å². The van der Waals surface area contributed by atoms with E-state index in [-0.39, 0.29) is 0 Å². The lowest BCUT2D eigenvalue weighted by Crippen LogP contribution is -2.41. The van der Waals surface area contributed by atoms with Gasteiger partial charge in [0.2, 0.25) is 0 Å². The third-order valence-corrected chi connectivity index (χ3v) is 5.26. The molecule has 84 valence electrons. The first-order valence-corrected chi connectivity index (χ1v) is 7.25. The van der Waals surface area contributed by atoms with Crippen LogP contribution in [0.3, 0.4) is 0 Å². The lowest BCUT2D eigenvalue weighted by Gasteiger charge is -2.28. The van der Waals surface area contributed by atoms with Gasteiger partial charge in [-0.3, -0.25) is 4.99 Å². The lowest BCUT2D eigenvalue weighted by molar-refractivity contribution is 0.489. The van der Waals surface area contributed by atoms with Crippen LogP contribution in [-0.2, 0) is 0 Å². The van der Waals surface area contributed by atoms with E-state index >= 15 is 0 Å². The van der Waals surface area contributed by atoms with Gasteiger partial charge in [-0.1, -0.05) is 25.1 Å². The zero-order chi connectivity index (χ0) is 10.3. The maximum absolute atomic E-state index is 4.72. The number of thioether (sulfide) groups is 1. The van der Waals surface area contributed by atoms with E-state index in [0.29, 0.717) is 0 Å². The Balaban J connectivity index is 1.54. The summed E-state index contributed by atoms with van der Waals surface area (Å²) in [5, 5.41) is 4.86. The smallest absolute Gasteiger partial charge is 0.156 e. The van der Waals surface area contributed by atoms with E-state index in [1.165, 1.54) is 36.6 Å². The SMILES string of the molecule is CC1CC1CN=C1NC2CCCC2CS1. The van der Waals surface area contributed by atoms with Gasteiger partial charge in [0.25, 0.3) is 0 Å². The Kier molecular flexibility index (Phi) is 2.67. The molecule has 3 fully saturated rings. The molecule has 0 radical (unpaired) electrons. The monoisotopic (exact) mass is 224 g/mol. The second-order valence-electron chi connectivity index (χ2n) is 5.37. The molecule has 1 saturated heterocycles. The van der Waals surface area contributed by atoms with E-state index in [0.717, 1.165) is 30.3 Å². The number of rotatable bonds is 2. The Bertz CT molecular complexity index is 277. The van der Waals surface area contributed by atoms with Gasteiger partial charge in [-0.25, -0.2) is 0 Å². The van der Waals surface area contributed by atoms with Crippen molar-refractivity contribution in [2.75, 3.05) is 12.3 Å². The highest BCUT2D eigenvalue weighted by Crippen LogP contribution is 2.38. The molecule has 0 spiro atoms. The minimum Gasteiger partial charge on any atom is -0.362 e. The highest BCUT2D eigenvalue weighted by atomic mass is 32.2. The molecule has 0 bridgehead atoms. The molecular weight excluding hydrogens is 204 g/mol. The molecule has 4 unspecified atom stereocenters. The summed E-state index contributed by atoms with van der Waals surface area (Å²) in [4.78, 5) is 4.72. The van der Waals surface area contributed by atoms with Crippen molar-refractivity contribution in [3.05, 3.63) is 0 Å². The second-order valence-corrected chi connectivity index (χ2v) is 6.38. The van der Waals surface area contributed by atoms with Crippen molar-refractivity contribution in [3.63, 3.8) is 0 Å². The van der Waals surface area contributed by atoms with Crippen molar-refractivity contribution in [3.8, 4) is 0 Å². The minimum atomic E-state index is 0.752. The van der Waals surface area contributed by atoms with Gasteiger partial charge in [0.1, 0.15) is 0 Å². The summed E-state index contributed by atoms with van der Waals surface area (Å²) in [6.45, 7) is 3.40. The summed E-state index contributed by atoms with van der Waals surface area (Å²) in [6.07, 6.45) is 5.60. The van der Waals surface area contributed by atoms with Crippen LogP contribution in [0.25, 0.3) is 0 Å². The molecule has 4 atom stereocenters. The topological polar surface area (TPSA) is 24.4 Å². The number of amidine groups is 1. The Hall–Kier alpha value is -0.180. The summed E-state index contributed by atoms with van der Waals surface area (Å²) < 4.78 is 0. The van der Waals surface area contributed by atoms with Gasteiger partial charge in [-0.2, -0.15) is 0 Å². The Morgan fingerprint density at radius 2 is 2.33 bits per heavy atom. The third-order valence-electron chi connectivity index (χ3n) is 4.15. The molecule has 1 N–H and O–H groups in total. The normalized spacial score (nSPS) is 46.3. The number of hydrogen-bond acceptors (Lipinski definition) is 2. The standard InChI is InChI=1S/C12H20N2S/c1-8-5-10(8)6-13-12-14-11-4-2-3-9(11)7-15-12/h8-11H,2-7H2,1H3,(H,13,14). The fourth-order valence-corrected chi connectivity index (χ4v) is 3.93. The van der Waals surface area contributed by atoms with Crippen LogP contribution in [0.5, 0.6) is 0 Å². The molecule has 0 amide bonds. The molecule has 0 aromatic heterocycles. The van der Waals surface area contributed by atoms with Crippen LogP contribution in [0, 0.1) is 17.8 Å². The molecular formula is C12H20N2S. The molecule has 0 aromatic rings. The Morgan fingerprint density at radius 1 is 1.47 bits per heavy atom. The Labute approximate surface area is 96.3 Å². The van der Waals surface area contributed by atoms with Crippen molar-refractivity contribution in [1.82, 2.24) is 5.32 Å². The molecule has 3 heteroatoms. The summed E-state index contributed by atoms with van der Waals surface area (Å²) in [5.74, 6) is 4.05. The highest BCUT2D eigenvalue weighted by molar-refractivity contribution is 8.13. The molecule has 3 aliphatic rings. The van der Waals surface area contributed by atoms with E-state index < -0.39 is 0 Å². The molecule has 3 rings (SSSR count). The molecule has 1 aliphatic heterocycles. The van der Waals surface area contributed by atoms with Crippen molar-refractivity contribution in [2.24, 2.45) is 22.7 Å². The minimum absolute atomic E-state index is 0.752. The van der Waals surface area contributed by atoms with Crippen LogP contribution in [0.15, 0.2) is 4.99 Å². The summed E-state index contributed by atoms with van der Waals surface area (Å²) in [7, 11) is 0. The lowest BCUT2D eigenvalue weighted by atomic mass is 10.1. The maximum Gasteiger partial charge on any atom is 0.156 e. The maximum atomic E-state index is 4.72. The van der Waals surface area contributed by atoms with Crippen LogP contribution in [0.1, 0.15) is 32.6 Å². The fraction of sp³-hybridized carbons (Fsp3) is 0.917. The second kappa shape index (κ2) is 4.00. The predicted octanol–water partition coefficient (Wildman–Crippen LogP) is 2.50. The average Bonchev–Trinajstić information content (AvgIpc) is 2.78. The van der Waals surface area contributed by atoms with E-state index in [9.17, 15) is 0 Å².